The van der Waals surface area contributed by atoms with Crippen LogP contribution in [0.25, 0.3) is 0 Å². The number of rotatable bonds is 4. The molecule has 216 valence electrons. The van der Waals surface area contributed by atoms with Crippen molar-refractivity contribution in [1.29, 1.82) is 0 Å². The molecule has 0 aliphatic carbocycles. The topological polar surface area (TPSA) is 58.9 Å². The van der Waals surface area contributed by atoms with Gasteiger partial charge >= 0.3 is 0 Å². The monoisotopic (exact) mass is 750 g/mol. The molecule has 0 aromatic rings. The van der Waals surface area contributed by atoms with Crippen LogP contribution in [0.2, 0.25) is 24.7 Å². The van der Waals surface area contributed by atoms with Crippen molar-refractivity contribution >= 4 is 27.9 Å². The summed E-state index contributed by atoms with van der Waals surface area (Å²) in [6, 6.07) is 0. The maximum atomic E-state index is 12.1. The summed E-state index contributed by atoms with van der Waals surface area (Å²) in [7, 11) is -3.29. The summed E-state index contributed by atoms with van der Waals surface area (Å²) in [6.07, 6.45) is 2.68. The summed E-state index contributed by atoms with van der Waals surface area (Å²) < 4.78 is 40.1. The maximum absolute atomic E-state index is 12.1. The molecule has 0 amide bonds. The number of nitrogens with zero attached hydrogens (tertiary/aromatic N) is 2. The Morgan fingerprint density at radius 3 is 1.09 bits per heavy atom. The van der Waals surface area contributed by atoms with E-state index in [9.17, 15) is 12.3 Å². The van der Waals surface area contributed by atoms with E-state index >= 15 is 0 Å². The van der Waals surface area contributed by atoms with Gasteiger partial charge in [-0.3, -0.25) is 4.21 Å². The van der Waals surface area contributed by atoms with Crippen molar-refractivity contribution in [3.8, 4) is 0 Å². The van der Waals surface area contributed by atoms with Crippen LogP contribution in [0.3, 0.4) is 0 Å². The fourth-order valence-corrected chi connectivity index (χ4v) is 1.89. The zero-order valence-corrected chi connectivity index (χ0v) is 34.7. The third-order valence-electron chi connectivity index (χ3n) is 3.83. The van der Waals surface area contributed by atoms with Crippen LogP contribution >= 0.6 is 0 Å². The molecule has 0 heterocycles. The Balaban J connectivity index is -0.0000000222. The second-order valence-corrected chi connectivity index (χ2v) is 18.1. The van der Waals surface area contributed by atoms with E-state index < -0.39 is 27.9 Å². The minimum atomic E-state index is -3.36. The fraction of sp³-hybridized carbons (Fsp3) is 0.818. The molecule has 0 aromatic heterocycles. The quantitative estimate of drug-likeness (QED) is 0.165. The fourth-order valence-electron chi connectivity index (χ4n) is 0.628. The van der Waals surface area contributed by atoms with Crippen LogP contribution in [0.5, 0.6) is 0 Å². The van der Waals surface area contributed by atoms with Crippen LogP contribution in [-0.4, -0.2) is 48.3 Å². The van der Waals surface area contributed by atoms with Gasteiger partial charge in [0.05, 0.1) is 0 Å². The molecule has 0 saturated carbocycles. The molecular formula is C22H57Ar2FN2O2S2SiY2-4. The van der Waals surface area contributed by atoms with Crippen LogP contribution in [0, 0.1) is 104 Å². The molecule has 2 unspecified atom stereocenters. The second-order valence-electron chi connectivity index (χ2n) is 7.50. The molecule has 2 radical (unpaired) electrons. The Labute approximate surface area is 330 Å². The summed E-state index contributed by atoms with van der Waals surface area (Å²) >= 11 is 0. The molecule has 0 N–H and O–H groups in total. The zero-order chi connectivity index (χ0) is 24.2. The molecule has 0 rings (SSSR count). The van der Waals surface area contributed by atoms with Gasteiger partial charge in [0.2, 0.25) is 0 Å². The van der Waals surface area contributed by atoms with Gasteiger partial charge in [-0.25, -0.2) is 12.9 Å². The zero-order valence-electron chi connectivity index (χ0n) is 25.0. The summed E-state index contributed by atoms with van der Waals surface area (Å²) in [5.41, 5.74) is 0. The summed E-state index contributed by atoms with van der Waals surface area (Å²) in [6.45, 7) is 29.1. The van der Waals surface area contributed by atoms with Crippen molar-refractivity contribution in [2.45, 2.75) is 86.0 Å². The molecule has 0 fully saturated rings. The molecular weight excluding hydrogens is 693 g/mol. The van der Waals surface area contributed by atoms with Crippen LogP contribution in [0.1, 0.15) is 61.3 Å². The van der Waals surface area contributed by atoms with Crippen molar-refractivity contribution < 1.29 is 153 Å². The van der Waals surface area contributed by atoms with E-state index in [1.54, 1.807) is 13.3 Å². The van der Waals surface area contributed by atoms with Gasteiger partial charge in [0.1, 0.15) is 0 Å². The van der Waals surface area contributed by atoms with Crippen LogP contribution in [0.15, 0.2) is 8.73 Å². The smallest absolute Gasteiger partial charge is 0.198 e. The third kappa shape index (κ3) is 61.0. The predicted molar refractivity (Wildman–Crippen MR) is 148 cm³/mol. The Kier molecular flexibility index (Phi) is 89.1. The van der Waals surface area contributed by atoms with E-state index in [4.69, 9.17) is 0 Å². The molecule has 4 nitrogen and oxygen atoms in total. The van der Waals surface area contributed by atoms with E-state index in [1.165, 1.54) is 7.05 Å². The third-order valence-corrected chi connectivity index (χ3v) is 11.5. The maximum Gasteiger partial charge on any atom is 0.198 e. The predicted octanol–water partition coefficient (Wildman–Crippen LogP) is 8.20. The normalized spacial score (nSPS) is 11.9. The number of hydrogen-bond acceptors (Lipinski definition) is 4. The Morgan fingerprint density at radius 1 is 0.794 bits per heavy atom. The molecule has 0 aliphatic rings. The number of halogens is 1. The van der Waals surface area contributed by atoms with E-state index in [2.05, 4.69) is 63.0 Å². The summed E-state index contributed by atoms with van der Waals surface area (Å²) in [5.74, 6) is 0.563. The minimum absolute atomic E-state index is 0. The van der Waals surface area contributed by atoms with E-state index in [-0.39, 0.29) is 162 Å². The van der Waals surface area contributed by atoms with Crippen molar-refractivity contribution in [2.24, 2.45) is 8.73 Å². The van der Waals surface area contributed by atoms with Gasteiger partial charge in [-0.15, -0.1) is 3.89 Å². The SMILES string of the molecule is CC.CC.CC(C)(C)[Si](C)(C)C.[Ar].[Ar].[CH2-]CCS(=O)(F)=NC.[CH2-]CCS(C)(=O)=NC.[CH3-].[CH3-].[Y].[Y]. The van der Waals surface area contributed by atoms with E-state index in [0.717, 1.165) is 0 Å². The Bertz CT molecular complexity index is 524. The van der Waals surface area contributed by atoms with Crippen LogP contribution < -0.4 is 0 Å². The second kappa shape index (κ2) is 42.2. The molecule has 0 aliphatic heterocycles. The van der Waals surface area contributed by atoms with Gasteiger partial charge in [-0.2, -0.15) is 12.8 Å². The average molecular weight is 751 g/mol. The minimum Gasteiger partial charge on any atom is -0.358 e. The van der Waals surface area contributed by atoms with Crippen LogP contribution in [0.4, 0.5) is 3.89 Å². The molecule has 0 spiro atoms. The largest absolute Gasteiger partial charge is 0.358 e. The molecule has 0 aromatic carbocycles. The van der Waals surface area contributed by atoms with Crippen molar-refractivity contribution in [3.63, 3.8) is 0 Å². The molecule has 0 saturated heterocycles. The standard InChI is InChI=1S/C7H18Si.C5H12NOS.C4H9FNOS.2C2H6.2CH3.2Ar.2Y/c1-7(2,3)8(4,5)6;1-4-5-8(3,7)6-2;1-3-4-8(5,7)6-2;2*1-2;;;;;;/h1-6H3;1,4-5H2,2-3H3;1,3-4H2,2H3;2*1-2H3;2*1H3;;;;/q;2*-1;;;2*-1;;;;. The first-order chi connectivity index (χ1) is 12.5. The Morgan fingerprint density at radius 2 is 1.03 bits per heavy atom. The van der Waals surface area contributed by atoms with Gasteiger partial charge in [-0.05, 0) is 5.04 Å². The van der Waals surface area contributed by atoms with Gasteiger partial charge in [-0.1, -0.05) is 68.1 Å². The molecule has 12 heteroatoms. The van der Waals surface area contributed by atoms with Crippen LogP contribution in [-0.2, 0) is 85.3 Å². The van der Waals surface area contributed by atoms with Gasteiger partial charge in [0, 0.05) is 191 Å². The molecule has 2 atom stereocenters. The average Bonchev–Trinajstić information content (AvgIpc) is 2.58. The summed E-state index contributed by atoms with van der Waals surface area (Å²) in [5, 5.41) is 0.576. The van der Waals surface area contributed by atoms with E-state index in [0.29, 0.717) is 23.6 Å². The van der Waals surface area contributed by atoms with E-state index in [1.807, 2.05) is 27.7 Å². The first kappa shape index (κ1) is 71.7. The first-order valence-electron chi connectivity index (χ1n) is 9.98. The van der Waals surface area contributed by atoms with Crippen molar-refractivity contribution in [1.82, 2.24) is 0 Å². The van der Waals surface area contributed by atoms with Crippen molar-refractivity contribution in [3.05, 3.63) is 28.7 Å². The van der Waals surface area contributed by atoms with Gasteiger partial charge in [0.25, 0.3) is 0 Å². The first-order valence-corrected chi connectivity index (χ1v) is 17.2. The Hall–Kier alpha value is 4.77. The summed E-state index contributed by atoms with van der Waals surface area (Å²) in [4.78, 5) is 0. The molecule has 34 heavy (non-hydrogen) atoms. The van der Waals surface area contributed by atoms with Crippen molar-refractivity contribution in [2.75, 3.05) is 31.9 Å². The van der Waals surface area contributed by atoms with Gasteiger partial charge in [0.15, 0.2) is 10.1 Å². The van der Waals surface area contributed by atoms with Gasteiger partial charge < -0.3 is 28.7 Å². The number of hydrogen-bond donors (Lipinski definition) is 0. The molecule has 0 bridgehead atoms.